The molecular formula is C13H8O4. The van der Waals surface area contributed by atoms with E-state index in [9.17, 15) is 9.59 Å². The zero-order valence-electron chi connectivity index (χ0n) is 8.68. The number of aromatic carboxylic acids is 2. The predicted molar refractivity (Wildman–Crippen MR) is 61.1 cm³/mol. The Bertz CT molecular complexity index is 538. The van der Waals surface area contributed by atoms with Gasteiger partial charge in [0.1, 0.15) is 0 Å². The number of carbonyl (C=O) groups is 2. The number of rotatable bonds is 2. The van der Waals surface area contributed by atoms with Gasteiger partial charge in [0, 0.05) is 12.8 Å². The second-order valence-electron chi connectivity index (χ2n) is 3.32. The standard InChI is InChI=1S/C12H8O4.C/c13-11(14)8-5-1-3-7-4-2-6-9(10(7)8)12(15)16;/h1-6H,(H,13,14)(H,15,16);. The topological polar surface area (TPSA) is 74.6 Å². The Kier molecular flexibility index (Phi) is 3.48. The lowest BCUT2D eigenvalue weighted by Gasteiger charge is -2.05. The third-order valence-corrected chi connectivity index (χ3v) is 2.37. The summed E-state index contributed by atoms with van der Waals surface area (Å²) >= 11 is 0. The zero-order chi connectivity index (χ0) is 11.7. The highest BCUT2D eigenvalue weighted by molar-refractivity contribution is 6.12. The van der Waals surface area contributed by atoms with E-state index in [0.717, 1.165) is 0 Å². The quantitative estimate of drug-likeness (QED) is 0.827. The molecule has 0 unspecified atom stereocenters. The van der Waals surface area contributed by atoms with E-state index in [1.165, 1.54) is 12.1 Å². The van der Waals surface area contributed by atoms with E-state index in [0.29, 0.717) is 5.39 Å². The van der Waals surface area contributed by atoms with Crippen molar-refractivity contribution >= 4 is 22.7 Å². The fourth-order valence-corrected chi connectivity index (χ4v) is 1.70. The van der Waals surface area contributed by atoms with Gasteiger partial charge in [-0.15, -0.1) is 0 Å². The number of fused-ring (bicyclic) bond motifs is 1. The minimum Gasteiger partial charge on any atom is -0.478 e. The highest BCUT2D eigenvalue weighted by atomic mass is 16.4. The summed E-state index contributed by atoms with van der Waals surface area (Å²) in [5.41, 5.74) is 0.0194. The second kappa shape index (κ2) is 4.65. The third kappa shape index (κ3) is 2.10. The summed E-state index contributed by atoms with van der Waals surface area (Å²) in [6.07, 6.45) is 0. The van der Waals surface area contributed by atoms with Gasteiger partial charge in [-0.05, 0) is 17.5 Å². The number of hydrogen-bond donors (Lipinski definition) is 2. The van der Waals surface area contributed by atoms with E-state index in [2.05, 4.69) is 0 Å². The summed E-state index contributed by atoms with van der Waals surface area (Å²) in [6.45, 7) is 0. The lowest BCUT2D eigenvalue weighted by molar-refractivity contribution is 0.0695. The maximum atomic E-state index is 11.0. The first kappa shape index (κ1) is 12.7. The van der Waals surface area contributed by atoms with Gasteiger partial charge in [0.2, 0.25) is 0 Å². The van der Waals surface area contributed by atoms with Crippen LogP contribution < -0.4 is 0 Å². The molecule has 0 aromatic heterocycles. The fourth-order valence-electron chi connectivity index (χ4n) is 1.70. The first-order chi connectivity index (χ1) is 7.61. The van der Waals surface area contributed by atoms with Gasteiger partial charge in [0.25, 0.3) is 0 Å². The van der Waals surface area contributed by atoms with E-state index < -0.39 is 11.9 Å². The minimum absolute atomic E-state index is 0. The summed E-state index contributed by atoms with van der Waals surface area (Å²) in [6, 6.07) is 9.37. The zero-order valence-corrected chi connectivity index (χ0v) is 8.68. The summed E-state index contributed by atoms with van der Waals surface area (Å²) in [7, 11) is 0. The van der Waals surface area contributed by atoms with Crippen molar-refractivity contribution in [2.45, 2.75) is 0 Å². The van der Waals surface area contributed by atoms with Crippen molar-refractivity contribution < 1.29 is 19.8 Å². The van der Waals surface area contributed by atoms with Crippen LogP contribution in [0.3, 0.4) is 0 Å². The van der Waals surface area contributed by atoms with Gasteiger partial charge >= 0.3 is 11.9 Å². The van der Waals surface area contributed by atoms with Crippen molar-refractivity contribution in [3.8, 4) is 0 Å². The molecule has 4 radical (unpaired) electrons. The molecule has 0 spiro atoms. The van der Waals surface area contributed by atoms with Gasteiger partial charge in [-0.25, -0.2) is 9.59 Å². The van der Waals surface area contributed by atoms with Crippen molar-refractivity contribution in [1.82, 2.24) is 0 Å². The van der Waals surface area contributed by atoms with Crippen LogP contribution in [0.15, 0.2) is 36.4 Å². The molecule has 0 heterocycles. The predicted octanol–water partition coefficient (Wildman–Crippen LogP) is 2.32. The Morgan fingerprint density at radius 1 is 0.824 bits per heavy atom. The maximum Gasteiger partial charge on any atom is 0.336 e. The lowest BCUT2D eigenvalue weighted by Crippen LogP contribution is -2.03. The van der Waals surface area contributed by atoms with E-state index in [-0.39, 0.29) is 23.9 Å². The third-order valence-electron chi connectivity index (χ3n) is 2.37. The van der Waals surface area contributed by atoms with E-state index in [1.54, 1.807) is 24.3 Å². The number of hydrogen-bond acceptors (Lipinski definition) is 2. The average molecular weight is 228 g/mol. The van der Waals surface area contributed by atoms with E-state index in [4.69, 9.17) is 10.2 Å². The van der Waals surface area contributed by atoms with Crippen molar-refractivity contribution in [3.63, 3.8) is 0 Å². The molecule has 2 rings (SSSR count). The Balaban J connectivity index is 0.00000144. The SMILES string of the molecule is O=C(O)c1cccc2cccc(C(=O)O)c12.[C]. The normalized spacial score (nSPS) is 9.65. The molecule has 0 saturated carbocycles. The molecule has 2 N–H and O–H groups in total. The molecule has 2 aromatic carbocycles. The molecule has 0 amide bonds. The summed E-state index contributed by atoms with van der Waals surface area (Å²) in [5.74, 6) is -2.25. The molecule has 0 atom stereocenters. The molecule has 4 nitrogen and oxygen atoms in total. The maximum absolute atomic E-state index is 11.0. The van der Waals surface area contributed by atoms with Crippen LogP contribution in [-0.2, 0) is 0 Å². The largest absolute Gasteiger partial charge is 0.478 e. The van der Waals surface area contributed by atoms with Crippen LogP contribution >= 0.6 is 0 Å². The van der Waals surface area contributed by atoms with Crippen molar-refractivity contribution in [2.24, 2.45) is 0 Å². The molecule has 84 valence electrons. The number of benzene rings is 2. The van der Waals surface area contributed by atoms with Gasteiger partial charge < -0.3 is 10.2 Å². The highest BCUT2D eigenvalue weighted by Crippen LogP contribution is 2.23. The van der Waals surface area contributed by atoms with Crippen molar-refractivity contribution in [2.75, 3.05) is 0 Å². The van der Waals surface area contributed by atoms with Crippen LogP contribution in [0.25, 0.3) is 10.8 Å². The molecular weight excluding hydrogens is 220 g/mol. The van der Waals surface area contributed by atoms with Crippen LogP contribution in [0.1, 0.15) is 20.7 Å². The average Bonchev–Trinajstić information content (AvgIpc) is 2.27. The minimum atomic E-state index is -1.13. The first-order valence-electron chi connectivity index (χ1n) is 4.59. The molecule has 0 fully saturated rings. The molecule has 17 heavy (non-hydrogen) atoms. The van der Waals surface area contributed by atoms with Crippen molar-refractivity contribution in [3.05, 3.63) is 55.0 Å². The second-order valence-corrected chi connectivity index (χ2v) is 3.32. The van der Waals surface area contributed by atoms with Crippen LogP contribution in [-0.4, -0.2) is 22.2 Å². The molecule has 0 aliphatic rings. The molecule has 0 aliphatic carbocycles. The molecule has 4 heteroatoms. The Hall–Kier alpha value is -2.36. The summed E-state index contributed by atoms with van der Waals surface area (Å²) in [4.78, 5) is 22.0. The van der Waals surface area contributed by atoms with Gasteiger partial charge in [0.05, 0.1) is 11.1 Å². The van der Waals surface area contributed by atoms with E-state index >= 15 is 0 Å². The smallest absolute Gasteiger partial charge is 0.336 e. The van der Waals surface area contributed by atoms with E-state index in [1.807, 2.05) is 0 Å². The molecule has 0 bridgehead atoms. The molecule has 2 aromatic rings. The van der Waals surface area contributed by atoms with Crippen LogP contribution in [0.5, 0.6) is 0 Å². The van der Waals surface area contributed by atoms with Crippen molar-refractivity contribution in [1.29, 1.82) is 0 Å². The van der Waals surface area contributed by atoms with Gasteiger partial charge in [-0.1, -0.05) is 24.3 Å². The number of carboxylic acids is 2. The van der Waals surface area contributed by atoms with Gasteiger partial charge in [0.15, 0.2) is 0 Å². The van der Waals surface area contributed by atoms with Gasteiger partial charge in [-0.3, -0.25) is 0 Å². The number of carboxylic acid groups (broad SMARTS) is 2. The highest BCUT2D eigenvalue weighted by Gasteiger charge is 2.15. The molecule has 0 aliphatic heterocycles. The monoisotopic (exact) mass is 228 g/mol. The molecule has 0 saturated heterocycles. The van der Waals surface area contributed by atoms with Crippen LogP contribution in [0.2, 0.25) is 0 Å². The summed E-state index contributed by atoms with van der Waals surface area (Å²) in [5, 5.41) is 18.9. The Labute approximate surface area is 98.1 Å². The van der Waals surface area contributed by atoms with Crippen LogP contribution in [0, 0.1) is 7.43 Å². The first-order valence-corrected chi connectivity index (χ1v) is 4.59. The summed E-state index contributed by atoms with van der Waals surface area (Å²) < 4.78 is 0. The lowest BCUT2D eigenvalue weighted by atomic mass is 9.99. The Morgan fingerprint density at radius 2 is 1.24 bits per heavy atom. The van der Waals surface area contributed by atoms with Gasteiger partial charge in [-0.2, -0.15) is 0 Å². The van der Waals surface area contributed by atoms with Crippen LogP contribution in [0.4, 0.5) is 0 Å². The Morgan fingerprint density at radius 3 is 1.59 bits per heavy atom. The fraction of sp³-hybridized carbons (Fsp3) is 0.